The second-order valence-electron chi connectivity index (χ2n) is 8.75. The summed E-state index contributed by atoms with van der Waals surface area (Å²) in [6.07, 6.45) is 0. The van der Waals surface area contributed by atoms with Crippen LogP contribution in [-0.2, 0) is 18.0 Å². The second-order valence-corrected chi connectivity index (χ2v) is 8.75. The standard InChI is InChI=1S/C28H32O7/c1-28(2,3)35-27(29)25-23(32-6)15-16-24(33-17-19-7-11-21(30-4)12-8-19)26(25)34-18-20-9-13-22(31-5)14-10-20/h7-16H,17-18H2,1-6H3. The molecule has 0 aliphatic rings. The Bertz CT molecular complexity index is 1110. The van der Waals surface area contributed by atoms with Gasteiger partial charge in [-0.25, -0.2) is 4.79 Å². The first-order valence-corrected chi connectivity index (χ1v) is 11.2. The van der Waals surface area contributed by atoms with Crippen molar-refractivity contribution >= 4 is 5.97 Å². The smallest absolute Gasteiger partial charge is 0.346 e. The van der Waals surface area contributed by atoms with E-state index in [1.54, 1.807) is 47.1 Å². The van der Waals surface area contributed by atoms with Gasteiger partial charge in [-0.1, -0.05) is 24.3 Å². The second kappa shape index (κ2) is 11.5. The van der Waals surface area contributed by atoms with Crippen LogP contribution in [0, 0.1) is 0 Å². The summed E-state index contributed by atoms with van der Waals surface area (Å²) >= 11 is 0. The Kier molecular flexibility index (Phi) is 8.47. The fourth-order valence-electron chi connectivity index (χ4n) is 3.26. The molecule has 3 rings (SSSR count). The van der Waals surface area contributed by atoms with Gasteiger partial charge in [0.05, 0.1) is 21.3 Å². The molecule has 3 aromatic carbocycles. The molecule has 0 aliphatic carbocycles. The summed E-state index contributed by atoms with van der Waals surface area (Å²) in [5.74, 6) is 1.93. The molecule has 0 heterocycles. The number of ether oxygens (including phenoxy) is 6. The molecule has 0 saturated heterocycles. The van der Waals surface area contributed by atoms with Gasteiger partial charge in [-0.3, -0.25) is 0 Å². The lowest BCUT2D eigenvalue weighted by atomic mass is 10.1. The van der Waals surface area contributed by atoms with Gasteiger partial charge in [0, 0.05) is 0 Å². The predicted octanol–water partition coefficient (Wildman–Crippen LogP) is 5.83. The van der Waals surface area contributed by atoms with Crippen molar-refractivity contribution in [3.05, 3.63) is 77.4 Å². The summed E-state index contributed by atoms with van der Waals surface area (Å²) in [7, 11) is 4.73. The van der Waals surface area contributed by atoms with E-state index in [4.69, 9.17) is 28.4 Å². The number of hydrogen-bond acceptors (Lipinski definition) is 7. The van der Waals surface area contributed by atoms with Crippen LogP contribution in [0.1, 0.15) is 42.3 Å². The average molecular weight is 481 g/mol. The molecule has 0 atom stereocenters. The van der Waals surface area contributed by atoms with Gasteiger partial charge in [-0.15, -0.1) is 0 Å². The van der Waals surface area contributed by atoms with E-state index in [-0.39, 0.29) is 24.5 Å². The molecule has 186 valence electrons. The number of esters is 1. The van der Waals surface area contributed by atoms with Gasteiger partial charge < -0.3 is 28.4 Å². The van der Waals surface area contributed by atoms with Gasteiger partial charge in [-0.05, 0) is 68.3 Å². The summed E-state index contributed by atoms with van der Waals surface area (Å²) in [5.41, 5.74) is 1.30. The molecule has 0 amide bonds. The molecule has 7 heteroatoms. The molecule has 0 radical (unpaired) electrons. The normalized spacial score (nSPS) is 10.9. The number of rotatable bonds is 10. The van der Waals surface area contributed by atoms with Crippen LogP contribution >= 0.6 is 0 Å². The summed E-state index contributed by atoms with van der Waals surface area (Å²) in [6.45, 7) is 5.88. The number of benzene rings is 3. The maximum Gasteiger partial charge on any atom is 0.346 e. The quantitative estimate of drug-likeness (QED) is 0.338. The van der Waals surface area contributed by atoms with Crippen LogP contribution in [0.2, 0.25) is 0 Å². The monoisotopic (exact) mass is 480 g/mol. The highest BCUT2D eigenvalue weighted by Crippen LogP contribution is 2.40. The Labute approximate surface area is 206 Å². The number of hydrogen-bond donors (Lipinski definition) is 0. The first-order chi connectivity index (χ1) is 16.7. The minimum atomic E-state index is -0.699. The lowest BCUT2D eigenvalue weighted by molar-refractivity contribution is 0.00613. The molecule has 0 aromatic heterocycles. The van der Waals surface area contributed by atoms with Crippen LogP contribution in [0.4, 0.5) is 0 Å². The highest BCUT2D eigenvalue weighted by atomic mass is 16.6. The van der Waals surface area contributed by atoms with E-state index in [1.807, 2.05) is 48.5 Å². The van der Waals surface area contributed by atoms with Gasteiger partial charge in [0.15, 0.2) is 11.5 Å². The van der Waals surface area contributed by atoms with Gasteiger partial charge in [0.25, 0.3) is 0 Å². The van der Waals surface area contributed by atoms with Crippen molar-refractivity contribution in [1.29, 1.82) is 0 Å². The van der Waals surface area contributed by atoms with Crippen LogP contribution < -0.4 is 23.7 Å². The average Bonchev–Trinajstić information content (AvgIpc) is 2.85. The zero-order chi connectivity index (χ0) is 25.4. The van der Waals surface area contributed by atoms with Crippen molar-refractivity contribution in [3.8, 4) is 28.7 Å². The first kappa shape index (κ1) is 25.7. The Morgan fingerprint density at radius 1 is 0.657 bits per heavy atom. The minimum absolute atomic E-state index is 0.170. The Hall–Kier alpha value is -3.87. The molecule has 7 nitrogen and oxygen atoms in total. The zero-order valence-corrected chi connectivity index (χ0v) is 21.0. The number of carbonyl (C=O) groups excluding carboxylic acids is 1. The molecule has 0 spiro atoms. The van der Waals surface area contributed by atoms with Gasteiger partial charge in [0.1, 0.15) is 41.6 Å². The van der Waals surface area contributed by atoms with Crippen LogP contribution in [0.3, 0.4) is 0 Å². The SMILES string of the molecule is COc1ccc(COc2ccc(OC)c(C(=O)OC(C)(C)C)c2OCc2ccc(OC)cc2)cc1. The van der Waals surface area contributed by atoms with Crippen LogP contribution in [0.5, 0.6) is 28.7 Å². The van der Waals surface area contributed by atoms with Crippen molar-refractivity contribution < 1.29 is 33.2 Å². The third kappa shape index (κ3) is 7.06. The van der Waals surface area contributed by atoms with E-state index in [2.05, 4.69) is 0 Å². The molecular weight excluding hydrogens is 448 g/mol. The van der Waals surface area contributed by atoms with E-state index in [1.165, 1.54) is 7.11 Å². The molecule has 0 fully saturated rings. The summed E-state index contributed by atoms with van der Waals surface area (Å²) in [4.78, 5) is 13.2. The van der Waals surface area contributed by atoms with Crippen molar-refractivity contribution in [1.82, 2.24) is 0 Å². The Morgan fingerprint density at radius 2 is 1.14 bits per heavy atom. The Balaban J connectivity index is 1.94. The fraction of sp³-hybridized carbons (Fsp3) is 0.321. The predicted molar refractivity (Wildman–Crippen MR) is 133 cm³/mol. The van der Waals surface area contributed by atoms with Gasteiger partial charge >= 0.3 is 5.97 Å². The van der Waals surface area contributed by atoms with Gasteiger partial charge in [-0.2, -0.15) is 0 Å². The maximum absolute atomic E-state index is 13.2. The molecule has 0 saturated carbocycles. The Morgan fingerprint density at radius 3 is 1.60 bits per heavy atom. The summed E-state index contributed by atoms with van der Waals surface area (Å²) < 4.78 is 33.8. The highest BCUT2D eigenvalue weighted by molar-refractivity contribution is 5.97. The van der Waals surface area contributed by atoms with Crippen molar-refractivity contribution in [3.63, 3.8) is 0 Å². The third-order valence-corrected chi connectivity index (χ3v) is 5.00. The van der Waals surface area contributed by atoms with E-state index < -0.39 is 11.6 Å². The van der Waals surface area contributed by atoms with Crippen LogP contribution in [0.25, 0.3) is 0 Å². The zero-order valence-electron chi connectivity index (χ0n) is 21.0. The van der Waals surface area contributed by atoms with Crippen LogP contribution in [0.15, 0.2) is 60.7 Å². The molecule has 35 heavy (non-hydrogen) atoms. The van der Waals surface area contributed by atoms with Crippen molar-refractivity contribution in [2.45, 2.75) is 39.6 Å². The van der Waals surface area contributed by atoms with E-state index in [9.17, 15) is 4.79 Å². The lowest BCUT2D eigenvalue weighted by Gasteiger charge is -2.23. The topological polar surface area (TPSA) is 72.5 Å². The van der Waals surface area contributed by atoms with E-state index >= 15 is 0 Å². The summed E-state index contributed by atoms with van der Waals surface area (Å²) in [6, 6.07) is 18.4. The number of methoxy groups -OCH3 is 3. The van der Waals surface area contributed by atoms with Gasteiger partial charge in [0.2, 0.25) is 0 Å². The first-order valence-electron chi connectivity index (χ1n) is 11.2. The van der Waals surface area contributed by atoms with E-state index in [0.717, 1.165) is 22.6 Å². The van der Waals surface area contributed by atoms with Crippen LogP contribution in [-0.4, -0.2) is 32.9 Å². The largest absolute Gasteiger partial charge is 0.497 e. The molecule has 0 bridgehead atoms. The summed E-state index contributed by atoms with van der Waals surface area (Å²) in [5, 5.41) is 0. The molecule has 0 aliphatic heterocycles. The third-order valence-electron chi connectivity index (χ3n) is 5.00. The molecular formula is C28H32O7. The van der Waals surface area contributed by atoms with Crippen molar-refractivity contribution in [2.24, 2.45) is 0 Å². The van der Waals surface area contributed by atoms with E-state index in [0.29, 0.717) is 11.5 Å². The molecule has 3 aromatic rings. The van der Waals surface area contributed by atoms with Crippen molar-refractivity contribution in [2.75, 3.05) is 21.3 Å². The minimum Gasteiger partial charge on any atom is -0.497 e. The fourth-order valence-corrected chi connectivity index (χ4v) is 3.26. The highest BCUT2D eigenvalue weighted by Gasteiger charge is 2.28. The molecule has 0 unspecified atom stereocenters. The molecule has 0 N–H and O–H groups in total. The maximum atomic E-state index is 13.2. The lowest BCUT2D eigenvalue weighted by Crippen LogP contribution is -2.24. The number of carbonyl (C=O) groups is 1.